The maximum atomic E-state index is 12.6. The van der Waals surface area contributed by atoms with E-state index in [4.69, 9.17) is 18.5 Å². The fraction of sp³-hybridized carbons (Fsp3) is 0.810. The molecule has 0 amide bonds. The number of esters is 2. The van der Waals surface area contributed by atoms with Crippen LogP contribution in [0, 0.1) is 0 Å². The summed E-state index contributed by atoms with van der Waals surface area (Å²) >= 11 is 0. The lowest BCUT2D eigenvalue weighted by atomic mass is 10.1. The van der Waals surface area contributed by atoms with Crippen molar-refractivity contribution in [3.8, 4) is 0 Å². The van der Waals surface area contributed by atoms with Crippen molar-refractivity contribution >= 4 is 19.8 Å². The predicted molar refractivity (Wildman–Crippen MR) is 213 cm³/mol. The Morgan fingerprint density at radius 1 is 0.596 bits per heavy atom. The van der Waals surface area contributed by atoms with Crippen molar-refractivity contribution in [2.75, 3.05) is 47.5 Å². The molecule has 304 valence electrons. The van der Waals surface area contributed by atoms with E-state index in [1.54, 1.807) is 0 Å². The van der Waals surface area contributed by atoms with Gasteiger partial charge in [0.25, 0.3) is 7.82 Å². The van der Waals surface area contributed by atoms with Gasteiger partial charge in [-0.2, -0.15) is 0 Å². The van der Waals surface area contributed by atoms with Crippen molar-refractivity contribution in [3.63, 3.8) is 0 Å². The van der Waals surface area contributed by atoms with E-state index >= 15 is 0 Å². The fourth-order valence-electron chi connectivity index (χ4n) is 5.34. The van der Waals surface area contributed by atoms with Crippen LogP contribution in [0.25, 0.3) is 0 Å². The molecule has 0 heterocycles. The number of phosphoric ester groups is 1. The second-order valence-electron chi connectivity index (χ2n) is 15.0. The molecule has 0 radical (unpaired) electrons. The third kappa shape index (κ3) is 38.0. The van der Waals surface area contributed by atoms with Crippen LogP contribution < -0.4 is 4.89 Å². The molecule has 52 heavy (non-hydrogen) atoms. The lowest BCUT2D eigenvalue weighted by Gasteiger charge is -2.28. The highest BCUT2D eigenvalue weighted by Gasteiger charge is 2.21. The Kier molecular flexibility index (Phi) is 33.8. The topological polar surface area (TPSA) is 111 Å². The monoisotopic (exact) mass is 756 g/mol. The van der Waals surface area contributed by atoms with Gasteiger partial charge in [-0.05, 0) is 64.2 Å². The molecule has 0 bridgehead atoms. The first-order chi connectivity index (χ1) is 25.0. The molecule has 0 aliphatic carbocycles. The molecule has 1 unspecified atom stereocenters. The van der Waals surface area contributed by atoms with Crippen LogP contribution >= 0.6 is 7.82 Å². The number of unbranched alkanes of at least 4 members (excludes halogenated alkanes) is 18. The number of allylic oxidation sites excluding steroid dienone is 6. The van der Waals surface area contributed by atoms with Crippen molar-refractivity contribution in [1.29, 1.82) is 0 Å². The molecule has 0 aliphatic heterocycles. The highest BCUT2D eigenvalue weighted by molar-refractivity contribution is 7.45. The molecular weight excluding hydrogens is 677 g/mol. The molecule has 0 saturated heterocycles. The summed E-state index contributed by atoms with van der Waals surface area (Å²) in [4.78, 5) is 37.4. The van der Waals surface area contributed by atoms with Crippen molar-refractivity contribution in [1.82, 2.24) is 0 Å². The Hall–Kier alpha value is -1.77. The van der Waals surface area contributed by atoms with Crippen LogP contribution in [0.15, 0.2) is 36.5 Å². The number of ether oxygens (including phenoxy) is 2. The third-order valence-corrected chi connectivity index (χ3v) is 9.62. The van der Waals surface area contributed by atoms with Gasteiger partial charge >= 0.3 is 11.9 Å². The first-order valence-corrected chi connectivity index (χ1v) is 22.2. The molecule has 0 saturated carbocycles. The number of carbonyl (C=O) groups is 2. The van der Waals surface area contributed by atoms with Gasteiger partial charge in [0.2, 0.25) is 0 Å². The summed E-state index contributed by atoms with van der Waals surface area (Å²) in [7, 11) is 1.14. The maximum absolute atomic E-state index is 12.6. The Morgan fingerprint density at radius 2 is 1.04 bits per heavy atom. The largest absolute Gasteiger partial charge is 0.756 e. The van der Waals surface area contributed by atoms with Gasteiger partial charge < -0.3 is 27.9 Å². The SMILES string of the molecule is CCCCCC/C=C/C=C/CCCCCCCC(=O)OC[C@H](COP(=O)([O-])OCC[N+](C)(C)C)OC(=O)CCCCC/C=C/CCCCCCCC. The molecule has 0 N–H and O–H groups in total. The number of hydrogen-bond donors (Lipinski definition) is 0. The van der Waals surface area contributed by atoms with E-state index in [2.05, 4.69) is 50.3 Å². The first-order valence-electron chi connectivity index (χ1n) is 20.7. The van der Waals surface area contributed by atoms with Crippen LogP contribution in [0.4, 0.5) is 0 Å². The van der Waals surface area contributed by atoms with Crippen molar-refractivity contribution in [2.24, 2.45) is 0 Å². The van der Waals surface area contributed by atoms with Gasteiger partial charge in [-0.25, -0.2) is 0 Å². The van der Waals surface area contributed by atoms with E-state index in [1.807, 2.05) is 21.1 Å². The molecule has 2 atom stereocenters. The average molecular weight is 756 g/mol. The molecule has 0 rings (SSSR count). The van der Waals surface area contributed by atoms with Crippen LogP contribution in [0.3, 0.4) is 0 Å². The minimum atomic E-state index is -4.63. The van der Waals surface area contributed by atoms with Gasteiger partial charge in [-0.15, -0.1) is 0 Å². The number of likely N-dealkylation sites (N-methyl/N-ethyl adjacent to an activating group) is 1. The molecular formula is C42H78NO8P. The standard InChI is InChI=1S/C42H78NO8P/c1-6-8-10-12-14-16-18-20-21-23-24-26-28-30-32-34-41(44)48-38-40(39-50-52(46,47)49-37-36-43(3,4)5)51-42(45)35-33-31-29-27-25-22-19-17-15-13-11-9-7-2/h16,18,20-22,25,40H,6-15,17,19,23-24,26-39H2,1-5H3/b18-16+,21-20+,25-22+/t40-/m1/s1. The van der Waals surface area contributed by atoms with E-state index in [0.29, 0.717) is 23.9 Å². The Bertz CT molecular complexity index is 991. The van der Waals surface area contributed by atoms with E-state index in [1.165, 1.54) is 64.2 Å². The summed E-state index contributed by atoms with van der Waals surface area (Å²) in [5.41, 5.74) is 0. The Balaban J connectivity index is 4.45. The van der Waals surface area contributed by atoms with Crippen LogP contribution in [0.1, 0.15) is 168 Å². The minimum absolute atomic E-state index is 0.0365. The zero-order chi connectivity index (χ0) is 38.6. The van der Waals surface area contributed by atoms with Gasteiger partial charge in [-0.1, -0.05) is 127 Å². The Morgan fingerprint density at radius 3 is 1.58 bits per heavy atom. The molecule has 0 aromatic heterocycles. The van der Waals surface area contributed by atoms with Crippen molar-refractivity contribution < 1.29 is 42.1 Å². The highest BCUT2D eigenvalue weighted by Crippen LogP contribution is 2.38. The normalized spacial score (nSPS) is 14.0. The predicted octanol–water partition coefficient (Wildman–Crippen LogP) is 10.7. The molecule has 0 fully saturated rings. The van der Waals surface area contributed by atoms with Gasteiger partial charge in [-0.3, -0.25) is 14.2 Å². The molecule has 10 heteroatoms. The maximum Gasteiger partial charge on any atom is 0.306 e. The highest BCUT2D eigenvalue weighted by atomic mass is 31.2. The van der Waals surface area contributed by atoms with E-state index in [0.717, 1.165) is 64.2 Å². The van der Waals surface area contributed by atoms with E-state index < -0.39 is 32.5 Å². The summed E-state index contributed by atoms with van der Waals surface area (Å²) in [6.07, 6.45) is 37.4. The van der Waals surface area contributed by atoms with Crippen molar-refractivity contribution in [3.05, 3.63) is 36.5 Å². The average Bonchev–Trinajstić information content (AvgIpc) is 3.09. The van der Waals surface area contributed by atoms with Crippen LogP contribution in [-0.2, 0) is 32.7 Å². The summed E-state index contributed by atoms with van der Waals surface area (Å²) in [6.45, 7) is 4.15. The molecule has 0 spiro atoms. The number of rotatable bonds is 37. The quantitative estimate of drug-likeness (QED) is 0.0154. The number of phosphoric acid groups is 1. The summed E-state index contributed by atoms with van der Waals surface area (Å²) in [5, 5.41) is 0. The zero-order valence-corrected chi connectivity index (χ0v) is 34.9. The smallest absolute Gasteiger partial charge is 0.306 e. The molecule has 9 nitrogen and oxygen atoms in total. The van der Waals surface area contributed by atoms with Gasteiger partial charge in [0, 0.05) is 12.8 Å². The third-order valence-electron chi connectivity index (χ3n) is 8.66. The minimum Gasteiger partial charge on any atom is -0.756 e. The second kappa shape index (κ2) is 35.0. The fourth-order valence-corrected chi connectivity index (χ4v) is 6.07. The summed E-state index contributed by atoms with van der Waals surface area (Å²) < 4.78 is 33.8. The lowest BCUT2D eigenvalue weighted by molar-refractivity contribution is -0.870. The number of hydrogen-bond acceptors (Lipinski definition) is 8. The first kappa shape index (κ1) is 50.2. The van der Waals surface area contributed by atoms with E-state index in [-0.39, 0.29) is 26.1 Å². The summed E-state index contributed by atoms with van der Waals surface area (Å²) in [6, 6.07) is 0. The number of quaternary nitrogens is 1. The molecule has 0 aliphatic rings. The molecule has 0 aromatic carbocycles. The van der Waals surface area contributed by atoms with Gasteiger partial charge in [0.15, 0.2) is 6.10 Å². The van der Waals surface area contributed by atoms with Crippen LogP contribution in [0.2, 0.25) is 0 Å². The molecule has 0 aromatic rings. The van der Waals surface area contributed by atoms with Crippen LogP contribution in [-0.4, -0.2) is 70.0 Å². The van der Waals surface area contributed by atoms with Gasteiger partial charge in [0.05, 0.1) is 27.7 Å². The summed E-state index contributed by atoms with van der Waals surface area (Å²) in [5.74, 6) is -0.872. The van der Waals surface area contributed by atoms with E-state index in [9.17, 15) is 19.0 Å². The zero-order valence-electron chi connectivity index (χ0n) is 34.0. The number of nitrogens with zero attached hydrogens (tertiary/aromatic N) is 1. The Labute approximate surface area is 319 Å². The lowest BCUT2D eigenvalue weighted by Crippen LogP contribution is -2.37. The number of carbonyl (C=O) groups excluding carboxylic acids is 2. The van der Waals surface area contributed by atoms with Gasteiger partial charge in [0.1, 0.15) is 19.8 Å². The second-order valence-corrected chi connectivity index (χ2v) is 16.4. The van der Waals surface area contributed by atoms with Crippen molar-refractivity contribution in [2.45, 2.75) is 174 Å². The van der Waals surface area contributed by atoms with Crippen LogP contribution in [0.5, 0.6) is 0 Å².